The zero-order valence-electron chi connectivity index (χ0n) is 12.7. The van der Waals surface area contributed by atoms with E-state index in [1.54, 1.807) is 0 Å². The second-order valence-electron chi connectivity index (χ2n) is 5.48. The summed E-state index contributed by atoms with van der Waals surface area (Å²) in [5.74, 6) is 0. The zero-order valence-corrected chi connectivity index (χ0v) is 14.5. The first-order valence-electron chi connectivity index (χ1n) is 7.57. The quantitative estimate of drug-likeness (QED) is 0.466. The molecular weight excluding hydrogens is 332 g/mol. The smallest absolute Gasteiger partial charge is 0.0973 e. The van der Waals surface area contributed by atoms with E-state index in [-0.39, 0.29) is 0 Å². The maximum Gasteiger partial charge on any atom is 0.0973 e. The van der Waals surface area contributed by atoms with E-state index in [1.165, 1.54) is 0 Å². The number of hydrogen-bond donors (Lipinski definition) is 2. The van der Waals surface area contributed by atoms with Gasteiger partial charge in [0, 0.05) is 20.9 Å². The summed E-state index contributed by atoms with van der Waals surface area (Å²) in [4.78, 5) is 11.4. The first kappa shape index (κ1) is 15.2. The highest BCUT2D eigenvalue weighted by Crippen LogP contribution is 2.32. The monoisotopic (exact) mass is 346 g/mol. The van der Waals surface area contributed by atoms with Gasteiger partial charge in [-0.1, -0.05) is 60.7 Å². The Labute approximate surface area is 151 Å². The van der Waals surface area contributed by atoms with Crippen LogP contribution in [-0.4, -0.2) is 9.97 Å². The minimum Gasteiger partial charge on any atom is -0.244 e. The molecule has 0 fully saturated rings. The summed E-state index contributed by atoms with van der Waals surface area (Å²) in [6.07, 6.45) is 0. The number of hydrogen-bond acceptors (Lipinski definition) is 4. The third-order valence-electron chi connectivity index (χ3n) is 3.86. The van der Waals surface area contributed by atoms with Gasteiger partial charge in [0.1, 0.15) is 0 Å². The number of aromatic nitrogens is 2. The van der Waals surface area contributed by atoms with E-state index in [0.29, 0.717) is 0 Å². The van der Waals surface area contributed by atoms with Crippen LogP contribution >= 0.6 is 25.3 Å². The van der Waals surface area contributed by atoms with Crippen LogP contribution in [-0.2, 0) is 0 Å². The van der Waals surface area contributed by atoms with Crippen molar-refractivity contribution < 1.29 is 0 Å². The Hall–Kier alpha value is -2.30. The van der Waals surface area contributed by atoms with Gasteiger partial charge in [-0.05, 0) is 12.1 Å². The Bertz CT molecular complexity index is 932. The SMILES string of the molecule is Sc1cc2nc(-c3ccccc3)c(-c3ccccc3)nc2cc1S. The van der Waals surface area contributed by atoms with Gasteiger partial charge in [-0.2, -0.15) is 0 Å². The van der Waals surface area contributed by atoms with Gasteiger partial charge in [-0.3, -0.25) is 0 Å². The molecule has 0 N–H and O–H groups in total. The largest absolute Gasteiger partial charge is 0.244 e. The van der Waals surface area contributed by atoms with Gasteiger partial charge >= 0.3 is 0 Å². The Balaban J connectivity index is 2.06. The third kappa shape index (κ3) is 2.79. The molecule has 1 heterocycles. The second kappa shape index (κ2) is 6.30. The standard InChI is InChI=1S/C20H14N2S2/c23-17-11-15-16(12-18(17)24)22-20(14-9-5-2-6-10-14)19(21-15)13-7-3-1-4-8-13/h1-12,23-24H. The second-order valence-corrected chi connectivity index (χ2v) is 6.45. The van der Waals surface area contributed by atoms with Gasteiger partial charge < -0.3 is 0 Å². The average Bonchev–Trinajstić information content (AvgIpc) is 2.63. The minimum absolute atomic E-state index is 0.798. The number of fused-ring (bicyclic) bond motifs is 1. The van der Waals surface area contributed by atoms with Crippen LogP contribution in [0.3, 0.4) is 0 Å². The summed E-state index contributed by atoms with van der Waals surface area (Å²) in [7, 11) is 0. The van der Waals surface area contributed by atoms with Crippen LogP contribution in [0.2, 0.25) is 0 Å². The van der Waals surface area contributed by atoms with Crippen molar-refractivity contribution >= 4 is 36.3 Å². The Morgan fingerprint density at radius 1 is 0.542 bits per heavy atom. The zero-order chi connectivity index (χ0) is 16.5. The highest BCUT2D eigenvalue weighted by atomic mass is 32.1. The lowest BCUT2D eigenvalue weighted by Gasteiger charge is -2.11. The van der Waals surface area contributed by atoms with Crippen molar-refractivity contribution in [2.75, 3.05) is 0 Å². The molecule has 0 amide bonds. The molecule has 0 bridgehead atoms. The molecule has 0 atom stereocenters. The predicted octanol–water partition coefficient (Wildman–Crippen LogP) is 5.54. The molecule has 3 aromatic carbocycles. The first-order valence-corrected chi connectivity index (χ1v) is 8.46. The lowest BCUT2D eigenvalue weighted by molar-refractivity contribution is 1.22. The molecule has 0 aliphatic heterocycles. The van der Waals surface area contributed by atoms with Crippen LogP contribution in [0.1, 0.15) is 0 Å². The normalized spacial score (nSPS) is 10.9. The van der Waals surface area contributed by atoms with E-state index in [4.69, 9.17) is 9.97 Å². The highest BCUT2D eigenvalue weighted by molar-refractivity contribution is 7.83. The van der Waals surface area contributed by atoms with Gasteiger partial charge in [-0.25, -0.2) is 9.97 Å². The molecule has 0 unspecified atom stereocenters. The highest BCUT2D eigenvalue weighted by Gasteiger charge is 2.13. The fraction of sp³-hybridized carbons (Fsp3) is 0. The van der Waals surface area contributed by atoms with Crippen LogP contribution in [0.15, 0.2) is 82.6 Å². The molecule has 4 rings (SSSR count). The van der Waals surface area contributed by atoms with Crippen molar-refractivity contribution in [3.8, 4) is 22.5 Å². The van der Waals surface area contributed by atoms with E-state index < -0.39 is 0 Å². The predicted molar refractivity (Wildman–Crippen MR) is 105 cm³/mol. The molecule has 0 aliphatic carbocycles. The lowest BCUT2D eigenvalue weighted by atomic mass is 10.0. The summed E-state index contributed by atoms with van der Waals surface area (Å²) in [6, 6.07) is 24.1. The molecule has 1 aromatic heterocycles. The summed E-state index contributed by atoms with van der Waals surface area (Å²) >= 11 is 8.89. The Morgan fingerprint density at radius 2 is 0.917 bits per heavy atom. The fourth-order valence-electron chi connectivity index (χ4n) is 2.68. The molecule has 0 aliphatic rings. The molecule has 24 heavy (non-hydrogen) atoms. The van der Waals surface area contributed by atoms with Crippen LogP contribution in [0, 0.1) is 0 Å². The Kier molecular flexibility index (Phi) is 4.00. The molecule has 4 aromatic rings. The molecule has 2 nitrogen and oxygen atoms in total. The first-order chi connectivity index (χ1) is 11.7. The third-order valence-corrected chi connectivity index (χ3v) is 4.77. The van der Waals surface area contributed by atoms with E-state index in [1.807, 2.05) is 48.5 Å². The van der Waals surface area contributed by atoms with Gasteiger partial charge in [0.2, 0.25) is 0 Å². The lowest BCUT2D eigenvalue weighted by Crippen LogP contribution is -1.95. The minimum atomic E-state index is 0.798. The summed E-state index contributed by atoms with van der Waals surface area (Å²) in [6.45, 7) is 0. The topological polar surface area (TPSA) is 25.8 Å². The molecule has 0 radical (unpaired) electrons. The van der Waals surface area contributed by atoms with E-state index in [0.717, 1.165) is 43.3 Å². The molecule has 0 saturated carbocycles. The van der Waals surface area contributed by atoms with Gasteiger partial charge in [-0.15, -0.1) is 25.3 Å². The summed E-state index contributed by atoms with van der Waals surface area (Å²) in [5.41, 5.74) is 5.46. The maximum atomic E-state index is 4.88. The van der Waals surface area contributed by atoms with Crippen LogP contribution in [0.5, 0.6) is 0 Å². The maximum absolute atomic E-state index is 4.88. The van der Waals surface area contributed by atoms with Crippen molar-refractivity contribution in [1.82, 2.24) is 9.97 Å². The van der Waals surface area contributed by atoms with E-state index in [9.17, 15) is 0 Å². The van der Waals surface area contributed by atoms with Crippen molar-refractivity contribution in [2.24, 2.45) is 0 Å². The average molecular weight is 346 g/mol. The van der Waals surface area contributed by atoms with Crippen molar-refractivity contribution in [3.05, 3.63) is 72.8 Å². The van der Waals surface area contributed by atoms with Crippen LogP contribution < -0.4 is 0 Å². The number of nitrogens with zero attached hydrogens (tertiary/aromatic N) is 2. The molecular formula is C20H14N2S2. The van der Waals surface area contributed by atoms with E-state index >= 15 is 0 Å². The van der Waals surface area contributed by atoms with Gasteiger partial charge in [0.25, 0.3) is 0 Å². The summed E-state index contributed by atoms with van der Waals surface area (Å²) < 4.78 is 0. The van der Waals surface area contributed by atoms with Crippen molar-refractivity contribution in [3.63, 3.8) is 0 Å². The Morgan fingerprint density at radius 3 is 1.29 bits per heavy atom. The molecule has 0 saturated heterocycles. The number of rotatable bonds is 2. The summed E-state index contributed by atoms with van der Waals surface area (Å²) in [5, 5.41) is 0. The van der Waals surface area contributed by atoms with Crippen molar-refractivity contribution in [2.45, 2.75) is 9.79 Å². The number of thiol groups is 2. The van der Waals surface area contributed by atoms with Crippen molar-refractivity contribution in [1.29, 1.82) is 0 Å². The molecule has 0 spiro atoms. The molecule has 4 heteroatoms. The van der Waals surface area contributed by atoms with Gasteiger partial charge in [0.15, 0.2) is 0 Å². The molecule has 116 valence electrons. The van der Waals surface area contributed by atoms with E-state index in [2.05, 4.69) is 49.5 Å². The van der Waals surface area contributed by atoms with Gasteiger partial charge in [0.05, 0.1) is 22.4 Å². The number of benzene rings is 3. The van der Waals surface area contributed by atoms with Crippen LogP contribution in [0.4, 0.5) is 0 Å². The fourth-order valence-corrected chi connectivity index (χ4v) is 3.05. The van der Waals surface area contributed by atoms with Crippen LogP contribution in [0.25, 0.3) is 33.5 Å².